The largest absolute Gasteiger partial charge is 0.355 e. The summed E-state index contributed by atoms with van der Waals surface area (Å²) in [4.78, 5) is 3.47. The first kappa shape index (κ1) is 11.6. The molecule has 1 unspecified atom stereocenters. The molecule has 1 heterocycles. The van der Waals surface area contributed by atoms with Gasteiger partial charge in [0.1, 0.15) is 0 Å². The van der Waals surface area contributed by atoms with Crippen molar-refractivity contribution >= 4 is 33.4 Å². The van der Waals surface area contributed by atoms with Gasteiger partial charge in [0.2, 0.25) is 0 Å². The molecule has 3 aromatic rings. The second-order valence-electron chi connectivity index (χ2n) is 4.93. The van der Waals surface area contributed by atoms with E-state index in [-0.39, 0.29) is 0 Å². The topological polar surface area (TPSA) is 15.8 Å². The highest BCUT2D eigenvalue weighted by Crippen LogP contribution is 2.30. The number of fused-ring (bicyclic) bond motifs is 3. The Hall–Kier alpha value is -1.47. The Morgan fingerprint density at radius 2 is 1.89 bits per heavy atom. The molecule has 3 rings (SSSR count). The molecule has 92 valence electrons. The summed E-state index contributed by atoms with van der Waals surface area (Å²) in [5.74, 6) is 0.601. The molecule has 0 aliphatic rings. The summed E-state index contributed by atoms with van der Waals surface area (Å²) in [5.41, 5.74) is 3.74. The third kappa shape index (κ3) is 1.79. The highest BCUT2D eigenvalue weighted by atomic mass is 35.5. The van der Waals surface area contributed by atoms with Crippen LogP contribution in [0.2, 0.25) is 5.02 Å². The minimum absolute atomic E-state index is 0.601. The van der Waals surface area contributed by atoms with Crippen molar-refractivity contribution in [3.05, 3.63) is 47.0 Å². The molecule has 1 atom stereocenters. The molecule has 0 radical (unpaired) electrons. The zero-order valence-electron chi connectivity index (χ0n) is 10.6. The van der Waals surface area contributed by atoms with E-state index in [1.807, 2.05) is 18.2 Å². The number of hydrogen-bond acceptors (Lipinski definition) is 0. The van der Waals surface area contributed by atoms with Crippen LogP contribution in [0.25, 0.3) is 21.8 Å². The van der Waals surface area contributed by atoms with Crippen molar-refractivity contribution in [3.63, 3.8) is 0 Å². The van der Waals surface area contributed by atoms with Gasteiger partial charge >= 0.3 is 0 Å². The van der Waals surface area contributed by atoms with Crippen LogP contribution in [0.1, 0.15) is 31.7 Å². The lowest BCUT2D eigenvalue weighted by Gasteiger charge is -2.08. The van der Waals surface area contributed by atoms with Crippen molar-refractivity contribution < 1.29 is 0 Å². The van der Waals surface area contributed by atoms with E-state index < -0.39 is 0 Å². The number of hydrogen-bond donors (Lipinski definition) is 1. The number of aromatic amines is 1. The molecule has 2 heteroatoms. The Morgan fingerprint density at radius 3 is 2.67 bits per heavy atom. The third-order valence-corrected chi connectivity index (χ3v) is 4.00. The van der Waals surface area contributed by atoms with Crippen LogP contribution in [0.3, 0.4) is 0 Å². The van der Waals surface area contributed by atoms with Gasteiger partial charge < -0.3 is 4.98 Å². The normalized spacial score (nSPS) is 13.3. The molecule has 0 aliphatic heterocycles. The van der Waals surface area contributed by atoms with Crippen LogP contribution in [-0.4, -0.2) is 4.98 Å². The fourth-order valence-corrected chi connectivity index (χ4v) is 2.61. The van der Waals surface area contributed by atoms with Gasteiger partial charge in [-0.3, -0.25) is 0 Å². The highest BCUT2D eigenvalue weighted by Gasteiger charge is 2.08. The zero-order chi connectivity index (χ0) is 12.7. The molecule has 1 nitrogen and oxygen atoms in total. The van der Waals surface area contributed by atoms with E-state index in [2.05, 4.69) is 37.0 Å². The van der Waals surface area contributed by atoms with E-state index in [4.69, 9.17) is 11.6 Å². The van der Waals surface area contributed by atoms with Crippen molar-refractivity contribution in [2.75, 3.05) is 0 Å². The molecular formula is C16H16ClN. The number of aromatic nitrogens is 1. The Kier molecular flexibility index (Phi) is 2.79. The van der Waals surface area contributed by atoms with Crippen molar-refractivity contribution in [1.82, 2.24) is 4.98 Å². The first-order chi connectivity index (χ1) is 8.69. The predicted molar refractivity (Wildman–Crippen MR) is 79.5 cm³/mol. The number of H-pyrrole nitrogens is 1. The summed E-state index contributed by atoms with van der Waals surface area (Å²) < 4.78 is 0. The molecular weight excluding hydrogens is 242 g/mol. The highest BCUT2D eigenvalue weighted by molar-refractivity contribution is 6.31. The summed E-state index contributed by atoms with van der Waals surface area (Å²) in [7, 11) is 0. The van der Waals surface area contributed by atoms with Gasteiger partial charge in [-0.15, -0.1) is 0 Å². The molecule has 1 N–H and O–H groups in total. The number of nitrogens with one attached hydrogen (secondary N) is 1. The minimum Gasteiger partial charge on any atom is -0.355 e. The van der Waals surface area contributed by atoms with Crippen molar-refractivity contribution in [2.45, 2.75) is 26.2 Å². The Morgan fingerprint density at radius 1 is 1.06 bits per heavy atom. The summed E-state index contributed by atoms with van der Waals surface area (Å²) in [5, 5.41) is 3.24. The predicted octanol–water partition coefficient (Wildman–Crippen LogP) is 5.49. The van der Waals surface area contributed by atoms with E-state index >= 15 is 0 Å². The van der Waals surface area contributed by atoms with E-state index in [0.29, 0.717) is 5.92 Å². The Labute approximate surface area is 112 Å². The smallest absolute Gasteiger partial charge is 0.0467 e. The first-order valence-electron chi connectivity index (χ1n) is 6.40. The molecule has 2 aromatic carbocycles. The summed E-state index contributed by atoms with van der Waals surface area (Å²) >= 11 is 6.07. The molecule has 1 aromatic heterocycles. The number of halogens is 1. The van der Waals surface area contributed by atoms with Crippen LogP contribution in [-0.2, 0) is 0 Å². The van der Waals surface area contributed by atoms with E-state index in [0.717, 1.165) is 17.0 Å². The van der Waals surface area contributed by atoms with Crippen LogP contribution < -0.4 is 0 Å². The summed E-state index contributed by atoms with van der Waals surface area (Å²) in [6.07, 6.45) is 1.16. The van der Waals surface area contributed by atoms with E-state index in [1.54, 1.807) is 0 Å². The molecule has 0 saturated heterocycles. The lowest BCUT2D eigenvalue weighted by Crippen LogP contribution is -1.90. The van der Waals surface area contributed by atoms with Crippen LogP contribution in [0, 0.1) is 0 Å². The average Bonchev–Trinajstić information content (AvgIpc) is 2.74. The van der Waals surface area contributed by atoms with Crippen LogP contribution in [0.15, 0.2) is 36.4 Å². The Bertz CT molecular complexity index is 712. The summed E-state index contributed by atoms with van der Waals surface area (Å²) in [6.45, 7) is 4.49. The third-order valence-electron chi connectivity index (χ3n) is 3.77. The molecule has 18 heavy (non-hydrogen) atoms. The minimum atomic E-state index is 0.601. The number of rotatable bonds is 2. The average molecular weight is 258 g/mol. The number of benzene rings is 2. The van der Waals surface area contributed by atoms with E-state index in [1.165, 1.54) is 21.9 Å². The van der Waals surface area contributed by atoms with Crippen LogP contribution >= 0.6 is 11.6 Å². The molecule has 0 aliphatic carbocycles. The lowest BCUT2D eigenvalue weighted by molar-refractivity contribution is 0.734. The van der Waals surface area contributed by atoms with Gasteiger partial charge in [-0.2, -0.15) is 0 Å². The van der Waals surface area contributed by atoms with Gasteiger partial charge in [0, 0.05) is 26.8 Å². The van der Waals surface area contributed by atoms with Gasteiger partial charge in [-0.1, -0.05) is 37.6 Å². The second kappa shape index (κ2) is 4.33. The standard InChI is InChI=1S/C16H16ClN/c1-3-10(2)11-4-6-13-14-9-12(17)5-7-15(14)18-16(13)8-11/h4-10,18H,3H2,1-2H3. The van der Waals surface area contributed by atoms with Crippen molar-refractivity contribution in [2.24, 2.45) is 0 Å². The Balaban J connectivity index is 2.27. The monoisotopic (exact) mass is 257 g/mol. The summed E-state index contributed by atoms with van der Waals surface area (Å²) in [6, 6.07) is 12.7. The van der Waals surface area contributed by atoms with Crippen LogP contribution in [0.5, 0.6) is 0 Å². The molecule has 0 amide bonds. The van der Waals surface area contributed by atoms with Gasteiger partial charge in [0.15, 0.2) is 0 Å². The fourth-order valence-electron chi connectivity index (χ4n) is 2.44. The fraction of sp³-hybridized carbons (Fsp3) is 0.250. The van der Waals surface area contributed by atoms with Crippen LogP contribution in [0.4, 0.5) is 0 Å². The molecule has 0 saturated carbocycles. The maximum Gasteiger partial charge on any atom is 0.0467 e. The van der Waals surface area contributed by atoms with E-state index in [9.17, 15) is 0 Å². The SMILES string of the molecule is CCC(C)c1ccc2c(c1)[nH]c1ccc(Cl)cc12. The van der Waals surface area contributed by atoms with Gasteiger partial charge in [0.05, 0.1) is 0 Å². The van der Waals surface area contributed by atoms with Crippen molar-refractivity contribution in [1.29, 1.82) is 0 Å². The van der Waals surface area contributed by atoms with Crippen molar-refractivity contribution in [3.8, 4) is 0 Å². The maximum atomic E-state index is 6.07. The maximum absolute atomic E-state index is 6.07. The second-order valence-corrected chi connectivity index (χ2v) is 5.37. The molecule has 0 fully saturated rings. The lowest BCUT2D eigenvalue weighted by atomic mass is 9.97. The van der Waals surface area contributed by atoms with Gasteiger partial charge in [-0.05, 0) is 42.2 Å². The quantitative estimate of drug-likeness (QED) is 0.625. The van der Waals surface area contributed by atoms with Gasteiger partial charge in [-0.25, -0.2) is 0 Å². The molecule has 0 bridgehead atoms. The first-order valence-corrected chi connectivity index (χ1v) is 6.77. The molecule has 0 spiro atoms. The zero-order valence-corrected chi connectivity index (χ0v) is 11.4. The van der Waals surface area contributed by atoms with Gasteiger partial charge in [0.25, 0.3) is 0 Å².